The van der Waals surface area contributed by atoms with Crippen LogP contribution in [0, 0.1) is 0 Å². The van der Waals surface area contributed by atoms with Gasteiger partial charge in [0.2, 0.25) is 0 Å². The molecule has 480 valence electrons. The second-order valence-electron chi connectivity index (χ2n) is 24.9. The van der Waals surface area contributed by atoms with Crippen LogP contribution >= 0.6 is 0 Å². The van der Waals surface area contributed by atoms with Gasteiger partial charge in [0.05, 0.1) is 0 Å². The topological polar surface area (TPSA) is 78.9 Å². The molecule has 0 amide bonds. The molecule has 1 atom stereocenters. The number of hydrogen-bond acceptors (Lipinski definition) is 6. The van der Waals surface area contributed by atoms with E-state index in [-0.39, 0.29) is 31.1 Å². The van der Waals surface area contributed by atoms with Gasteiger partial charge in [0.25, 0.3) is 0 Å². The Morgan fingerprint density at radius 2 is 0.463 bits per heavy atom. The van der Waals surface area contributed by atoms with Crippen LogP contribution in [0.3, 0.4) is 0 Å². The van der Waals surface area contributed by atoms with Gasteiger partial charge < -0.3 is 14.2 Å². The number of carbonyl (C=O) groups excluding carboxylic acids is 3. The largest absolute Gasteiger partial charge is 0.462 e. The molecule has 0 aromatic heterocycles. The van der Waals surface area contributed by atoms with Crippen molar-refractivity contribution >= 4 is 17.9 Å². The third-order valence-corrected chi connectivity index (χ3v) is 16.5. The van der Waals surface area contributed by atoms with Crippen LogP contribution in [0.25, 0.3) is 0 Å². The molecule has 0 bridgehead atoms. The Labute approximate surface area is 511 Å². The number of rotatable bonds is 68. The van der Waals surface area contributed by atoms with E-state index in [2.05, 4.69) is 69.4 Å². The lowest BCUT2D eigenvalue weighted by Gasteiger charge is -2.18. The maximum Gasteiger partial charge on any atom is 0.306 e. The molecule has 6 heteroatoms. The van der Waals surface area contributed by atoms with Gasteiger partial charge in [0.15, 0.2) is 6.10 Å². The van der Waals surface area contributed by atoms with Crippen LogP contribution in [-0.4, -0.2) is 37.2 Å². The monoisotopic (exact) mass is 1150 g/mol. The Bertz CT molecular complexity index is 1410. The highest BCUT2D eigenvalue weighted by Gasteiger charge is 2.19. The van der Waals surface area contributed by atoms with Gasteiger partial charge >= 0.3 is 17.9 Å². The summed E-state index contributed by atoms with van der Waals surface area (Å²) in [6.45, 7) is 6.59. The maximum absolute atomic E-state index is 12.9. The zero-order valence-electron chi connectivity index (χ0n) is 55.3. The Morgan fingerprint density at radius 3 is 0.768 bits per heavy atom. The minimum atomic E-state index is -0.783. The molecule has 0 spiro atoms. The molecular weight excluding hydrogens is 1010 g/mol. The van der Waals surface area contributed by atoms with Crippen molar-refractivity contribution in [3.8, 4) is 0 Å². The lowest BCUT2D eigenvalue weighted by molar-refractivity contribution is -0.167. The fraction of sp³-hybridized carbons (Fsp3) is 0.855. The second kappa shape index (κ2) is 70.9. The van der Waals surface area contributed by atoms with Crippen LogP contribution in [0.1, 0.15) is 400 Å². The van der Waals surface area contributed by atoms with E-state index in [1.54, 1.807) is 0 Å². The molecule has 0 aliphatic carbocycles. The van der Waals surface area contributed by atoms with Crippen LogP contribution in [0.4, 0.5) is 0 Å². The third kappa shape index (κ3) is 68.2. The molecule has 0 radical (unpaired) electrons. The summed E-state index contributed by atoms with van der Waals surface area (Å²) < 4.78 is 16.9. The van der Waals surface area contributed by atoms with E-state index in [9.17, 15) is 14.4 Å². The quantitative estimate of drug-likeness (QED) is 0.0261. The first-order valence-corrected chi connectivity index (χ1v) is 36.6. The van der Waals surface area contributed by atoms with Crippen molar-refractivity contribution in [1.29, 1.82) is 0 Å². The molecule has 0 aliphatic heterocycles. The summed E-state index contributed by atoms with van der Waals surface area (Å²) in [5.41, 5.74) is 0. The van der Waals surface area contributed by atoms with Crippen molar-refractivity contribution < 1.29 is 28.6 Å². The summed E-state index contributed by atoms with van der Waals surface area (Å²) in [7, 11) is 0. The minimum Gasteiger partial charge on any atom is -0.462 e. The normalized spacial score (nSPS) is 12.3. The Morgan fingerprint density at radius 1 is 0.244 bits per heavy atom. The highest BCUT2D eigenvalue weighted by Crippen LogP contribution is 2.19. The first-order valence-electron chi connectivity index (χ1n) is 36.6. The zero-order chi connectivity index (χ0) is 59.2. The van der Waals surface area contributed by atoms with Crippen molar-refractivity contribution in [1.82, 2.24) is 0 Å². The molecule has 0 aromatic carbocycles. The van der Waals surface area contributed by atoms with Gasteiger partial charge in [-0.15, -0.1) is 0 Å². The second-order valence-corrected chi connectivity index (χ2v) is 24.9. The summed E-state index contributed by atoms with van der Waals surface area (Å²) in [5, 5.41) is 0. The van der Waals surface area contributed by atoms with Gasteiger partial charge in [-0.25, -0.2) is 0 Å². The molecule has 0 N–H and O–H groups in total. The predicted molar refractivity (Wildman–Crippen MR) is 358 cm³/mol. The molecule has 82 heavy (non-hydrogen) atoms. The van der Waals surface area contributed by atoms with Gasteiger partial charge in [0, 0.05) is 19.3 Å². The molecule has 0 aromatic rings. The van der Waals surface area contributed by atoms with Gasteiger partial charge in [-0.1, -0.05) is 352 Å². The SMILES string of the molecule is CCC/C=C\CCCCCCCC(=O)OCC(COC(=O)CCCCCCCCCCCCCCCCCCCCCCCCCCCCCCCCCCCCC)OC(=O)CCCCCCCC/C=C\C/C=C\C/C=C\CCCCC. The number of hydrogen-bond donors (Lipinski definition) is 0. The third-order valence-electron chi connectivity index (χ3n) is 16.5. The van der Waals surface area contributed by atoms with Crippen LogP contribution in [0.5, 0.6) is 0 Å². The van der Waals surface area contributed by atoms with E-state index in [0.29, 0.717) is 19.3 Å². The fourth-order valence-electron chi connectivity index (χ4n) is 11.0. The van der Waals surface area contributed by atoms with Gasteiger partial charge in [-0.2, -0.15) is 0 Å². The van der Waals surface area contributed by atoms with Crippen molar-refractivity contribution in [2.75, 3.05) is 13.2 Å². The average Bonchev–Trinajstić information content (AvgIpc) is 3.47. The van der Waals surface area contributed by atoms with E-state index >= 15 is 0 Å². The summed E-state index contributed by atoms with van der Waals surface area (Å²) in [4.78, 5) is 38.3. The Kier molecular flexibility index (Phi) is 68.6. The number of ether oxygens (including phenoxy) is 3. The average molecular weight is 1150 g/mol. The molecule has 0 heterocycles. The fourth-order valence-corrected chi connectivity index (χ4v) is 11.0. The van der Waals surface area contributed by atoms with Gasteiger partial charge in [-0.05, 0) is 77.0 Å². The zero-order valence-corrected chi connectivity index (χ0v) is 55.3. The molecular formula is C76H140O6. The molecule has 1 unspecified atom stereocenters. The predicted octanol–water partition coefficient (Wildman–Crippen LogP) is 25.3. The van der Waals surface area contributed by atoms with E-state index in [4.69, 9.17) is 14.2 Å². The Balaban J connectivity index is 4.03. The minimum absolute atomic E-state index is 0.0779. The summed E-state index contributed by atoms with van der Waals surface area (Å²) in [6.07, 6.45) is 90.4. The number of esters is 3. The van der Waals surface area contributed by atoms with Crippen LogP contribution in [0.2, 0.25) is 0 Å². The molecule has 0 fully saturated rings. The van der Waals surface area contributed by atoms with Crippen molar-refractivity contribution in [3.05, 3.63) is 48.6 Å². The maximum atomic E-state index is 12.9. The number of unbranched alkanes of at least 4 members (excludes halogenated alkanes) is 49. The standard InChI is InChI=1S/C76H140O6/c1-4-7-10-13-16-19-22-24-26-28-30-31-32-33-34-35-36-37-38-39-40-41-42-43-44-45-47-48-50-52-54-57-60-63-66-69-75(78)81-72-73(71-80-74(77)68-65-62-59-56-21-18-15-12-9-6-3)82-76(79)70-67-64-61-58-55-53-51-49-46-29-27-25-23-20-17-14-11-8-5-2/h12,15,17,20,25,27,46,49,73H,4-11,13-14,16,18-19,21-24,26,28-45,47-48,50-72H2,1-3H3/b15-12-,20-17-,27-25-,49-46-. The summed E-state index contributed by atoms with van der Waals surface area (Å²) >= 11 is 0. The van der Waals surface area contributed by atoms with Gasteiger partial charge in [-0.3, -0.25) is 14.4 Å². The first kappa shape index (κ1) is 79.4. The smallest absolute Gasteiger partial charge is 0.306 e. The highest BCUT2D eigenvalue weighted by atomic mass is 16.6. The van der Waals surface area contributed by atoms with Crippen LogP contribution in [-0.2, 0) is 28.6 Å². The Hall–Kier alpha value is -2.63. The lowest BCUT2D eigenvalue weighted by Crippen LogP contribution is -2.30. The molecule has 6 nitrogen and oxygen atoms in total. The van der Waals surface area contributed by atoms with Crippen LogP contribution in [0.15, 0.2) is 48.6 Å². The summed E-state index contributed by atoms with van der Waals surface area (Å²) in [6, 6.07) is 0. The van der Waals surface area contributed by atoms with E-state index < -0.39 is 6.10 Å². The van der Waals surface area contributed by atoms with E-state index in [0.717, 1.165) is 96.3 Å². The molecule has 0 aliphatic rings. The van der Waals surface area contributed by atoms with Gasteiger partial charge in [0.1, 0.15) is 13.2 Å². The molecule has 0 saturated carbocycles. The highest BCUT2D eigenvalue weighted by molar-refractivity contribution is 5.71. The van der Waals surface area contributed by atoms with Crippen molar-refractivity contribution in [3.63, 3.8) is 0 Å². The number of allylic oxidation sites excluding steroid dienone is 8. The van der Waals surface area contributed by atoms with Crippen molar-refractivity contribution in [2.45, 2.75) is 406 Å². The van der Waals surface area contributed by atoms with E-state index in [1.807, 2.05) is 0 Å². The van der Waals surface area contributed by atoms with Crippen molar-refractivity contribution in [2.24, 2.45) is 0 Å². The van der Waals surface area contributed by atoms with E-state index in [1.165, 1.54) is 263 Å². The molecule has 0 saturated heterocycles. The summed E-state index contributed by atoms with van der Waals surface area (Å²) in [5.74, 6) is -0.881. The molecule has 0 rings (SSSR count). The van der Waals surface area contributed by atoms with Crippen LogP contribution < -0.4 is 0 Å². The lowest BCUT2D eigenvalue weighted by atomic mass is 10.0. The first-order chi connectivity index (χ1) is 40.5. The number of carbonyl (C=O) groups is 3.